The molecule has 0 bridgehead atoms. The van der Waals surface area contributed by atoms with E-state index in [2.05, 4.69) is 33.0 Å². The third kappa shape index (κ3) is 7.04. The van der Waals surface area contributed by atoms with E-state index in [0.717, 1.165) is 12.1 Å². The van der Waals surface area contributed by atoms with Crippen LogP contribution in [-0.4, -0.2) is 30.9 Å². The molecular formula is C17H29NO2. The lowest BCUT2D eigenvalue weighted by Gasteiger charge is -2.27. The van der Waals surface area contributed by atoms with E-state index in [0.29, 0.717) is 31.1 Å². The summed E-state index contributed by atoms with van der Waals surface area (Å²) in [6.07, 6.45) is -0.453. The molecule has 3 nitrogen and oxygen atoms in total. The van der Waals surface area contributed by atoms with Crippen LogP contribution in [0.25, 0.3) is 0 Å². The average molecular weight is 279 g/mol. The zero-order chi connectivity index (χ0) is 15.0. The summed E-state index contributed by atoms with van der Waals surface area (Å²) >= 11 is 0. The SMILES string of the molecule is CC(CNCC(O)COCc1ccccc1)C(C)(C)C. The second-order valence-corrected chi connectivity index (χ2v) is 6.58. The summed E-state index contributed by atoms with van der Waals surface area (Å²) < 4.78 is 5.52. The minimum Gasteiger partial charge on any atom is -0.389 e. The average Bonchev–Trinajstić information content (AvgIpc) is 2.38. The largest absolute Gasteiger partial charge is 0.389 e. The smallest absolute Gasteiger partial charge is 0.0897 e. The Kier molecular flexibility index (Phi) is 7.20. The van der Waals surface area contributed by atoms with Crippen molar-refractivity contribution in [1.29, 1.82) is 0 Å². The fourth-order valence-corrected chi connectivity index (χ4v) is 1.72. The molecule has 2 unspecified atom stereocenters. The first-order chi connectivity index (χ1) is 9.39. The van der Waals surface area contributed by atoms with Crippen molar-refractivity contribution in [3.8, 4) is 0 Å². The zero-order valence-electron chi connectivity index (χ0n) is 13.2. The molecule has 2 atom stereocenters. The molecule has 20 heavy (non-hydrogen) atoms. The summed E-state index contributed by atoms with van der Waals surface area (Å²) in [5.74, 6) is 0.569. The van der Waals surface area contributed by atoms with Crippen molar-refractivity contribution in [1.82, 2.24) is 5.32 Å². The van der Waals surface area contributed by atoms with E-state index in [9.17, 15) is 5.11 Å². The lowest BCUT2D eigenvalue weighted by molar-refractivity contribution is 0.0280. The van der Waals surface area contributed by atoms with Gasteiger partial charge in [-0.05, 0) is 23.4 Å². The molecule has 0 saturated heterocycles. The molecule has 0 spiro atoms. The fourth-order valence-electron chi connectivity index (χ4n) is 1.72. The summed E-state index contributed by atoms with van der Waals surface area (Å²) in [6, 6.07) is 10.0. The first kappa shape index (κ1) is 17.2. The van der Waals surface area contributed by atoms with Crippen molar-refractivity contribution in [2.24, 2.45) is 11.3 Å². The molecule has 2 N–H and O–H groups in total. The maximum atomic E-state index is 9.86. The Labute approximate surface area is 123 Å². The normalized spacial score (nSPS) is 15.1. The molecule has 0 aliphatic rings. The van der Waals surface area contributed by atoms with Crippen molar-refractivity contribution in [3.63, 3.8) is 0 Å². The van der Waals surface area contributed by atoms with Crippen molar-refractivity contribution in [3.05, 3.63) is 35.9 Å². The maximum Gasteiger partial charge on any atom is 0.0897 e. The van der Waals surface area contributed by atoms with Gasteiger partial charge >= 0.3 is 0 Å². The van der Waals surface area contributed by atoms with Gasteiger partial charge in [-0.25, -0.2) is 0 Å². The first-order valence-corrected chi connectivity index (χ1v) is 7.40. The van der Waals surface area contributed by atoms with Gasteiger partial charge in [0.2, 0.25) is 0 Å². The van der Waals surface area contributed by atoms with Crippen LogP contribution >= 0.6 is 0 Å². The van der Waals surface area contributed by atoms with Crippen LogP contribution in [0.1, 0.15) is 33.3 Å². The van der Waals surface area contributed by atoms with Gasteiger partial charge in [0.15, 0.2) is 0 Å². The summed E-state index contributed by atoms with van der Waals surface area (Å²) in [5.41, 5.74) is 1.43. The van der Waals surface area contributed by atoms with Gasteiger partial charge in [-0.3, -0.25) is 0 Å². The second kappa shape index (κ2) is 8.40. The maximum absolute atomic E-state index is 9.86. The number of aliphatic hydroxyl groups is 1. The minimum absolute atomic E-state index is 0.293. The zero-order valence-corrected chi connectivity index (χ0v) is 13.2. The van der Waals surface area contributed by atoms with Crippen LogP contribution in [0.2, 0.25) is 0 Å². The van der Waals surface area contributed by atoms with Gasteiger partial charge in [-0.1, -0.05) is 58.0 Å². The van der Waals surface area contributed by atoms with Gasteiger partial charge in [0.25, 0.3) is 0 Å². The highest BCUT2D eigenvalue weighted by molar-refractivity contribution is 5.13. The van der Waals surface area contributed by atoms with E-state index in [1.54, 1.807) is 0 Å². The molecule has 114 valence electrons. The molecule has 0 fully saturated rings. The van der Waals surface area contributed by atoms with Gasteiger partial charge in [-0.15, -0.1) is 0 Å². The predicted octanol–water partition coefficient (Wildman–Crippen LogP) is 2.84. The lowest BCUT2D eigenvalue weighted by atomic mass is 9.82. The Bertz CT molecular complexity index is 359. The molecule has 3 heteroatoms. The molecule has 1 aromatic carbocycles. The van der Waals surface area contributed by atoms with E-state index in [-0.39, 0.29) is 0 Å². The van der Waals surface area contributed by atoms with Crippen LogP contribution in [-0.2, 0) is 11.3 Å². The standard InChI is InChI=1S/C17H29NO2/c1-14(17(2,3)4)10-18-11-16(19)13-20-12-15-8-6-5-7-9-15/h5-9,14,16,18-19H,10-13H2,1-4H3. The first-order valence-electron chi connectivity index (χ1n) is 7.40. The summed E-state index contributed by atoms with van der Waals surface area (Å²) in [6.45, 7) is 11.3. The highest BCUT2D eigenvalue weighted by Gasteiger charge is 2.19. The highest BCUT2D eigenvalue weighted by atomic mass is 16.5. The highest BCUT2D eigenvalue weighted by Crippen LogP contribution is 2.24. The number of rotatable bonds is 8. The number of nitrogens with one attached hydrogen (secondary N) is 1. The van der Waals surface area contributed by atoms with Crippen LogP contribution in [0.4, 0.5) is 0 Å². The quantitative estimate of drug-likeness (QED) is 0.769. The Hall–Kier alpha value is -0.900. The van der Waals surface area contributed by atoms with Gasteiger partial charge < -0.3 is 15.2 Å². The van der Waals surface area contributed by atoms with Crippen LogP contribution in [0, 0.1) is 11.3 Å². The monoisotopic (exact) mass is 279 g/mol. The molecular weight excluding hydrogens is 250 g/mol. The number of hydrogen-bond acceptors (Lipinski definition) is 3. The third-order valence-electron chi connectivity index (χ3n) is 3.73. The number of benzene rings is 1. The van der Waals surface area contributed by atoms with E-state index in [1.165, 1.54) is 0 Å². The Morgan fingerprint density at radius 1 is 1.15 bits per heavy atom. The Morgan fingerprint density at radius 3 is 2.40 bits per heavy atom. The molecule has 0 aliphatic heterocycles. The number of ether oxygens (including phenoxy) is 1. The molecule has 0 saturated carbocycles. The van der Waals surface area contributed by atoms with E-state index < -0.39 is 6.10 Å². The van der Waals surface area contributed by atoms with Crippen molar-refractivity contribution >= 4 is 0 Å². The summed E-state index contributed by atoms with van der Waals surface area (Å²) in [4.78, 5) is 0. The van der Waals surface area contributed by atoms with Crippen LogP contribution in [0.3, 0.4) is 0 Å². The topological polar surface area (TPSA) is 41.5 Å². The van der Waals surface area contributed by atoms with Crippen molar-refractivity contribution in [2.45, 2.75) is 40.4 Å². The van der Waals surface area contributed by atoms with E-state index in [4.69, 9.17) is 4.74 Å². The van der Waals surface area contributed by atoms with Crippen molar-refractivity contribution < 1.29 is 9.84 Å². The van der Waals surface area contributed by atoms with Gasteiger partial charge in [0.05, 0.1) is 19.3 Å². The fraction of sp³-hybridized carbons (Fsp3) is 0.647. The van der Waals surface area contributed by atoms with Crippen molar-refractivity contribution in [2.75, 3.05) is 19.7 Å². The molecule has 0 heterocycles. The molecule has 1 rings (SSSR count). The molecule has 0 aliphatic carbocycles. The lowest BCUT2D eigenvalue weighted by Crippen LogP contribution is -2.36. The minimum atomic E-state index is -0.453. The van der Waals surface area contributed by atoms with Crippen LogP contribution in [0.5, 0.6) is 0 Å². The Balaban J connectivity index is 2.10. The molecule has 1 aromatic rings. The number of aliphatic hydroxyl groups excluding tert-OH is 1. The third-order valence-corrected chi connectivity index (χ3v) is 3.73. The predicted molar refractivity (Wildman–Crippen MR) is 83.6 cm³/mol. The van der Waals surface area contributed by atoms with Gasteiger partial charge in [-0.2, -0.15) is 0 Å². The van der Waals surface area contributed by atoms with Gasteiger partial charge in [0, 0.05) is 6.54 Å². The van der Waals surface area contributed by atoms with Crippen LogP contribution < -0.4 is 5.32 Å². The van der Waals surface area contributed by atoms with E-state index >= 15 is 0 Å². The van der Waals surface area contributed by atoms with Crippen LogP contribution in [0.15, 0.2) is 30.3 Å². The van der Waals surface area contributed by atoms with E-state index in [1.807, 2.05) is 30.3 Å². The Morgan fingerprint density at radius 2 is 1.80 bits per heavy atom. The summed E-state index contributed by atoms with van der Waals surface area (Å²) in [7, 11) is 0. The molecule has 0 aromatic heterocycles. The second-order valence-electron chi connectivity index (χ2n) is 6.58. The molecule has 0 amide bonds. The number of hydrogen-bond donors (Lipinski definition) is 2. The summed E-state index contributed by atoms with van der Waals surface area (Å²) in [5, 5.41) is 13.2. The molecule has 0 radical (unpaired) electrons. The van der Waals surface area contributed by atoms with Gasteiger partial charge in [0.1, 0.15) is 0 Å².